The number of carbonyl (C=O) groups excluding carboxylic acids is 3. The van der Waals surface area contributed by atoms with E-state index in [0.29, 0.717) is 39.8 Å². The number of ether oxygens (including phenoxy) is 2. The highest BCUT2D eigenvalue weighted by Crippen LogP contribution is 2.37. The maximum atomic E-state index is 13.8. The molecule has 3 amide bonds. The Hall–Kier alpha value is -3.73. The van der Waals surface area contributed by atoms with Crippen molar-refractivity contribution in [3.63, 3.8) is 0 Å². The van der Waals surface area contributed by atoms with Crippen LogP contribution in [0.4, 0.5) is 23.7 Å². The van der Waals surface area contributed by atoms with Gasteiger partial charge in [0.05, 0.1) is 17.7 Å². The van der Waals surface area contributed by atoms with E-state index in [9.17, 15) is 27.6 Å². The third-order valence-electron chi connectivity index (χ3n) is 4.35. The molecule has 0 unspecified atom stereocenters. The predicted molar refractivity (Wildman–Crippen MR) is 116 cm³/mol. The van der Waals surface area contributed by atoms with Crippen molar-refractivity contribution in [3.05, 3.63) is 70.9 Å². The normalized spacial score (nSPS) is 14.5. The second kappa shape index (κ2) is 10.3. The van der Waals surface area contributed by atoms with Crippen LogP contribution in [0, 0.1) is 17.5 Å². The molecule has 2 aromatic rings. The number of carbonyl (C=O) groups is 3. The summed E-state index contributed by atoms with van der Waals surface area (Å²) in [5, 5.41) is 1.28. The summed E-state index contributed by atoms with van der Waals surface area (Å²) in [5.41, 5.74) is -0.170. The molecular weight excluding hydrogens is 461 g/mol. The first-order valence-corrected chi connectivity index (χ1v) is 10.2. The third-order valence-corrected chi connectivity index (χ3v) is 5.25. The number of benzene rings is 2. The van der Waals surface area contributed by atoms with Gasteiger partial charge in [0.2, 0.25) is 5.91 Å². The van der Waals surface area contributed by atoms with E-state index in [1.54, 1.807) is 18.2 Å². The fourth-order valence-corrected chi connectivity index (χ4v) is 3.67. The van der Waals surface area contributed by atoms with E-state index in [1.165, 1.54) is 19.3 Å². The van der Waals surface area contributed by atoms with Gasteiger partial charge in [0.15, 0.2) is 29.0 Å². The molecule has 0 aromatic heterocycles. The minimum absolute atomic E-state index is 0.0171. The molecule has 1 aliphatic heterocycles. The van der Waals surface area contributed by atoms with Crippen LogP contribution in [0.2, 0.25) is 0 Å². The molecule has 11 heteroatoms. The summed E-state index contributed by atoms with van der Waals surface area (Å²) in [6.45, 7) is 3.00. The average Bonchev–Trinajstić information content (AvgIpc) is 3.05. The van der Waals surface area contributed by atoms with Crippen molar-refractivity contribution in [2.24, 2.45) is 0 Å². The maximum Gasteiger partial charge on any atom is 0.294 e. The van der Waals surface area contributed by atoms with Crippen LogP contribution in [0.25, 0.3) is 6.08 Å². The molecule has 0 radical (unpaired) electrons. The number of thioether (sulfide) groups is 1. The highest BCUT2D eigenvalue weighted by Gasteiger charge is 2.36. The second-order valence-electron chi connectivity index (χ2n) is 6.52. The summed E-state index contributed by atoms with van der Waals surface area (Å²) in [6.07, 6.45) is 2.94. The Morgan fingerprint density at radius 3 is 2.64 bits per heavy atom. The van der Waals surface area contributed by atoms with Gasteiger partial charge in [-0.1, -0.05) is 24.8 Å². The molecule has 172 valence electrons. The van der Waals surface area contributed by atoms with Gasteiger partial charge in [0.1, 0.15) is 13.2 Å². The number of methoxy groups -OCH3 is 1. The Kier molecular flexibility index (Phi) is 7.44. The molecule has 33 heavy (non-hydrogen) atoms. The summed E-state index contributed by atoms with van der Waals surface area (Å²) < 4.78 is 51.0. The zero-order valence-electron chi connectivity index (χ0n) is 17.2. The summed E-state index contributed by atoms with van der Waals surface area (Å²) in [5.74, 6) is -5.77. The van der Waals surface area contributed by atoms with Gasteiger partial charge in [-0.3, -0.25) is 19.3 Å². The Morgan fingerprint density at radius 2 is 1.94 bits per heavy atom. The minimum Gasteiger partial charge on any atom is -0.493 e. The Morgan fingerprint density at radius 1 is 1.18 bits per heavy atom. The van der Waals surface area contributed by atoms with Gasteiger partial charge >= 0.3 is 0 Å². The zero-order valence-corrected chi connectivity index (χ0v) is 18.0. The SMILES string of the molecule is C=CCOc1c(/C=C2\SC(=O)N(CC(=O)Nc3ccc(F)c(F)c3F)C2=O)cccc1OC. The van der Waals surface area contributed by atoms with Crippen LogP contribution in [0.15, 0.2) is 47.9 Å². The van der Waals surface area contributed by atoms with Crippen molar-refractivity contribution < 1.29 is 37.0 Å². The topological polar surface area (TPSA) is 84.9 Å². The van der Waals surface area contributed by atoms with Crippen LogP contribution in [-0.2, 0) is 9.59 Å². The lowest BCUT2D eigenvalue weighted by molar-refractivity contribution is -0.127. The van der Waals surface area contributed by atoms with Gasteiger partial charge in [-0.05, 0) is 36.0 Å². The van der Waals surface area contributed by atoms with Gasteiger partial charge in [0, 0.05) is 5.56 Å². The Bertz CT molecular complexity index is 1170. The summed E-state index contributed by atoms with van der Waals surface area (Å²) in [7, 11) is 1.45. The Labute approximate surface area is 190 Å². The van der Waals surface area contributed by atoms with Crippen molar-refractivity contribution in [3.8, 4) is 11.5 Å². The number of para-hydroxylation sites is 1. The van der Waals surface area contributed by atoms with Crippen molar-refractivity contribution >= 4 is 40.6 Å². The fourth-order valence-electron chi connectivity index (χ4n) is 2.84. The molecule has 1 heterocycles. The quantitative estimate of drug-likeness (QED) is 0.345. The number of hydrogen-bond donors (Lipinski definition) is 1. The zero-order chi connectivity index (χ0) is 24.1. The summed E-state index contributed by atoms with van der Waals surface area (Å²) >= 11 is 0.597. The first kappa shape index (κ1) is 23.9. The van der Waals surface area contributed by atoms with E-state index in [4.69, 9.17) is 9.47 Å². The van der Waals surface area contributed by atoms with E-state index < -0.39 is 46.7 Å². The minimum atomic E-state index is -1.75. The lowest BCUT2D eigenvalue weighted by Crippen LogP contribution is -2.36. The van der Waals surface area contributed by atoms with Gasteiger partial charge in [0.25, 0.3) is 11.1 Å². The van der Waals surface area contributed by atoms with Gasteiger partial charge in [-0.15, -0.1) is 0 Å². The molecule has 0 bridgehead atoms. The summed E-state index contributed by atoms with van der Waals surface area (Å²) in [4.78, 5) is 37.9. The maximum absolute atomic E-state index is 13.8. The monoisotopic (exact) mass is 478 g/mol. The van der Waals surface area contributed by atoms with Crippen LogP contribution in [0.5, 0.6) is 11.5 Å². The predicted octanol–water partition coefficient (Wildman–Crippen LogP) is 4.35. The van der Waals surface area contributed by atoms with E-state index in [1.807, 2.05) is 5.32 Å². The van der Waals surface area contributed by atoms with Gasteiger partial charge in [-0.25, -0.2) is 13.2 Å². The molecule has 7 nitrogen and oxygen atoms in total. The van der Waals surface area contributed by atoms with Crippen molar-refractivity contribution in [1.29, 1.82) is 0 Å². The smallest absolute Gasteiger partial charge is 0.294 e. The number of hydrogen-bond acceptors (Lipinski definition) is 6. The number of nitrogens with zero attached hydrogens (tertiary/aromatic N) is 1. The number of rotatable bonds is 8. The molecular formula is C22H17F3N2O5S. The van der Waals surface area contributed by atoms with Crippen molar-refractivity contribution in [1.82, 2.24) is 4.90 Å². The second-order valence-corrected chi connectivity index (χ2v) is 7.51. The molecule has 0 atom stereocenters. The number of anilines is 1. The standard InChI is InChI=1S/C22H17F3N2O5S/c1-3-9-32-20-12(5-4-6-15(20)31-2)10-16-21(29)27(22(30)33-16)11-17(28)26-14-8-7-13(23)18(24)19(14)25/h3-8,10H,1,9,11H2,2H3,(H,26,28)/b16-10-. The van der Waals surface area contributed by atoms with Gasteiger partial charge < -0.3 is 14.8 Å². The van der Waals surface area contributed by atoms with Crippen LogP contribution >= 0.6 is 11.8 Å². The van der Waals surface area contributed by atoms with Gasteiger partial charge in [-0.2, -0.15) is 0 Å². The number of halogens is 3. The lowest BCUT2D eigenvalue weighted by atomic mass is 10.1. The molecule has 0 spiro atoms. The highest BCUT2D eigenvalue weighted by atomic mass is 32.2. The summed E-state index contributed by atoms with van der Waals surface area (Å²) in [6, 6.07) is 6.43. The highest BCUT2D eigenvalue weighted by molar-refractivity contribution is 8.18. The fraction of sp³-hybridized carbons (Fsp3) is 0.136. The van der Waals surface area contributed by atoms with Crippen LogP contribution < -0.4 is 14.8 Å². The van der Waals surface area contributed by atoms with E-state index >= 15 is 0 Å². The molecule has 2 aromatic carbocycles. The molecule has 3 rings (SSSR count). The van der Waals surface area contributed by atoms with E-state index in [2.05, 4.69) is 6.58 Å². The van der Waals surface area contributed by atoms with E-state index in [0.717, 1.165) is 6.07 Å². The molecule has 0 saturated carbocycles. The average molecular weight is 478 g/mol. The number of imide groups is 1. The van der Waals surface area contributed by atoms with Crippen LogP contribution in [0.3, 0.4) is 0 Å². The first-order valence-electron chi connectivity index (χ1n) is 9.36. The Balaban J connectivity index is 1.79. The molecule has 1 fully saturated rings. The molecule has 0 aliphatic carbocycles. The number of amides is 3. The molecule has 1 N–H and O–H groups in total. The van der Waals surface area contributed by atoms with Crippen molar-refractivity contribution in [2.75, 3.05) is 25.6 Å². The third kappa shape index (κ3) is 5.20. The van der Waals surface area contributed by atoms with Crippen LogP contribution in [-0.4, -0.2) is 42.2 Å². The molecule has 1 saturated heterocycles. The van der Waals surface area contributed by atoms with E-state index in [-0.39, 0.29) is 11.5 Å². The van der Waals surface area contributed by atoms with Crippen LogP contribution in [0.1, 0.15) is 5.56 Å². The molecule has 1 aliphatic rings. The number of nitrogens with one attached hydrogen (secondary N) is 1. The van der Waals surface area contributed by atoms with Crippen molar-refractivity contribution in [2.45, 2.75) is 0 Å². The lowest BCUT2D eigenvalue weighted by Gasteiger charge is -2.13. The largest absolute Gasteiger partial charge is 0.493 e. The first-order chi connectivity index (χ1) is 15.8.